The summed E-state index contributed by atoms with van der Waals surface area (Å²) in [6.07, 6.45) is 3.64. The van der Waals surface area contributed by atoms with Gasteiger partial charge in [-0.3, -0.25) is 4.68 Å². The van der Waals surface area contributed by atoms with Gasteiger partial charge in [-0.15, -0.1) is 0 Å². The Bertz CT molecular complexity index is 465. The number of nitrogens with zero attached hydrogens (tertiary/aromatic N) is 2. The summed E-state index contributed by atoms with van der Waals surface area (Å²) in [6, 6.07) is 6.75. The average Bonchev–Trinajstić information content (AvgIpc) is 2.76. The van der Waals surface area contributed by atoms with Crippen LogP contribution in [-0.2, 0) is 13.1 Å². The van der Waals surface area contributed by atoms with E-state index in [-0.39, 0.29) is 5.82 Å². The molecule has 4 heteroatoms. The first kappa shape index (κ1) is 10.7. The molecule has 2 rings (SSSR count). The first-order chi connectivity index (χ1) is 7.79. The summed E-state index contributed by atoms with van der Waals surface area (Å²) in [5.74, 6) is -0.183. The number of anilines is 1. The zero-order valence-electron chi connectivity index (χ0n) is 9.15. The van der Waals surface area contributed by atoms with Gasteiger partial charge in [0.2, 0.25) is 0 Å². The van der Waals surface area contributed by atoms with Crippen molar-refractivity contribution >= 4 is 5.69 Å². The van der Waals surface area contributed by atoms with Crippen LogP contribution in [0.5, 0.6) is 0 Å². The molecule has 0 aliphatic heterocycles. The van der Waals surface area contributed by atoms with E-state index in [1.165, 1.54) is 6.07 Å². The standard InChI is InChI=1S/C12H14FN3/c1-2-16-9-11(8-15-16)14-7-10-5-3-4-6-12(10)13/h3-6,8-9,14H,2,7H2,1H3. The second kappa shape index (κ2) is 4.79. The lowest BCUT2D eigenvalue weighted by Gasteiger charge is -2.04. The van der Waals surface area contributed by atoms with Gasteiger partial charge >= 0.3 is 0 Å². The fourth-order valence-corrected chi connectivity index (χ4v) is 1.47. The molecule has 0 bridgehead atoms. The Hall–Kier alpha value is -1.84. The van der Waals surface area contributed by atoms with E-state index < -0.39 is 0 Å². The van der Waals surface area contributed by atoms with Crippen molar-refractivity contribution in [2.24, 2.45) is 0 Å². The topological polar surface area (TPSA) is 29.9 Å². The van der Waals surface area contributed by atoms with E-state index >= 15 is 0 Å². The Morgan fingerprint density at radius 1 is 1.38 bits per heavy atom. The third-order valence-electron chi connectivity index (χ3n) is 2.40. The maximum Gasteiger partial charge on any atom is 0.128 e. The van der Waals surface area contributed by atoms with Gasteiger partial charge in [-0.1, -0.05) is 18.2 Å². The van der Waals surface area contributed by atoms with Crippen LogP contribution in [0.15, 0.2) is 36.7 Å². The van der Waals surface area contributed by atoms with Gasteiger partial charge in [-0.25, -0.2) is 4.39 Å². The van der Waals surface area contributed by atoms with Crippen LogP contribution in [-0.4, -0.2) is 9.78 Å². The molecular weight excluding hydrogens is 205 g/mol. The molecule has 0 atom stereocenters. The van der Waals surface area contributed by atoms with Crippen LogP contribution in [0.2, 0.25) is 0 Å². The Morgan fingerprint density at radius 3 is 2.88 bits per heavy atom. The maximum absolute atomic E-state index is 13.3. The third-order valence-corrected chi connectivity index (χ3v) is 2.40. The minimum absolute atomic E-state index is 0.183. The van der Waals surface area contributed by atoms with Crippen molar-refractivity contribution in [1.82, 2.24) is 9.78 Å². The van der Waals surface area contributed by atoms with Crippen LogP contribution in [0.4, 0.5) is 10.1 Å². The van der Waals surface area contributed by atoms with Gasteiger partial charge in [-0.2, -0.15) is 5.10 Å². The SMILES string of the molecule is CCn1cc(NCc2ccccc2F)cn1. The molecule has 0 saturated heterocycles. The van der Waals surface area contributed by atoms with E-state index in [9.17, 15) is 4.39 Å². The maximum atomic E-state index is 13.3. The number of aromatic nitrogens is 2. The van der Waals surface area contributed by atoms with Crippen molar-refractivity contribution in [2.45, 2.75) is 20.0 Å². The van der Waals surface area contributed by atoms with E-state index in [0.29, 0.717) is 12.1 Å². The van der Waals surface area contributed by atoms with Crippen LogP contribution in [0, 0.1) is 5.82 Å². The van der Waals surface area contributed by atoms with E-state index in [1.807, 2.05) is 23.9 Å². The molecule has 1 aromatic carbocycles. The number of hydrogen-bond acceptors (Lipinski definition) is 2. The highest BCUT2D eigenvalue weighted by Crippen LogP contribution is 2.10. The number of aryl methyl sites for hydroxylation is 1. The number of benzene rings is 1. The highest BCUT2D eigenvalue weighted by atomic mass is 19.1. The summed E-state index contributed by atoms with van der Waals surface area (Å²) in [6.45, 7) is 3.33. The second-order valence-electron chi connectivity index (χ2n) is 3.53. The normalized spacial score (nSPS) is 10.4. The summed E-state index contributed by atoms with van der Waals surface area (Å²) in [4.78, 5) is 0. The number of rotatable bonds is 4. The molecule has 1 aromatic heterocycles. The highest BCUT2D eigenvalue weighted by molar-refractivity contribution is 5.39. The molecular formula is C12H14FN3. The number of nitrogens with one attached hydrogen (secondary N) is 1. The summed E-state index contributed by atoms with van der Waals surface area (Å²) >= 11 is 0. The molecule has 3 nitrogen and oxygen atoms in total. The zero-order chi connectivity index (χ0) is 11.4. The van der Waals surface area contributed by atoms with Crippen LogP contribution >= 0.6 is 0 Å². The number of hydrogen-bond donors (Lipinski definition) is 1. The molecule has 0 saturated carbocycles. The first-order valence-corrected chi connectivity index (χ1v) is 5.29. The fourth-order valence-electron chi connectivity index (χ4n) is 1.47. The number of halogens is 1. The minimum Gasteiger partial charge on any atom is -0.378 e. The smallest absolute Gasteiger partial charge is 0.128 e. The lowest BCUT2D eigenvalue weighted by atomic mass is 10.2. The van der Waals surface area contributed by atoms with Crippen LogP contribution in [0.3, 0.4) is 0 Å². The molecule has 1 N–H and O–H groups in total. The Balaban J connectivity index is 1.99. The van der Waals surface area contributed by atoms with Crippen molar-refractivity contribution in [3.63, 3.8) is 0 Å². The summed E-state index contributed by atoms with van der Waals surface area (Å²) in [5.41, 5.74) is 1.57. The predicted molar refractivity (Wildman–Crippen MR) is 61.6 cm³/mol. The van der Waals surface area contributed by atoms with Gasteiger partial charge in [-0.05, 0) is 13.0 Å². The van der Waals surface area contributed by atoms with Crippen molar-refractivity contribution in [1.29, 1.82) is 0 Å². The van der Waals surface area contributed by atoms with Crippen molar-refractivity contribution in [3.8, 4) is 0 Å². The zero-order valence-corrected chi connectivity index (χ0v) is 9.15. The Kier molecular flexibility index (Phi) is 3.19. The molecule has 2 aromatic rings. The molecule has 0 aliphatic rings. The lowest BCUT2D eigenvalue weighted by molar-refractivity contribution is 0.613. The van der Waals surface area contributed by atoms with Gasteiger partial charge in [0.25, 0.3) is 0 Å². The molecule has 84 valence electrons. The highest BCUT2D eigenvalue weighted by Gasteiger charge is 2.01. The molecule has 1 heterocycles. The van der Waals surface area contributed by atoms with Gasteiger partial charge in [0.1, 0.15) is 5.82 Å². The quantitative estimate of drug-likeness (QED) is 0.856. The molecule has 0 unspecified atom stereocenters. The molecule has 0 spiro atoms. The van der Waals surface area contributed by atoms with Crippen LogP contribution < -0.4 is 5.32 Å². The molecule has 0 fully saturated rings. The largest absolute Gasteiger partial charge is 0.378 e. The molecule has 0 amide bonds. The van der Waals surface area contributed by atoms with Crippen molar-refractivity contribution in [2.75, 3.05) is 5.32 Å². The van der Waals surface area contributed by atoms with Crippen LogP contribution in [0.1, 0.15) is 12.5 Å². The fraction of sp³-hybridized carbons (Fsp3) is 0.250. The average molecular weight is 219 g/mol. The van der Waals surface area contributed by atoms with E-state index in [1.54, 1.807) is 18.3 Å². The summed E-state index contributed by atoms with van der Waals surface area (Å²) < 4.78 is 15.1. The molecule has 16 heavy (non-hydrogen) atoms. The van der Waals surface area contributed by atoms with E-state index in [4.69, 9.17) is 0 Å². The Morgan fingerprint density at radius 2 is 2.19 bits per heavy atom. The van der Waals surface area contributed by atoms with Crippen LogP contribution in [0.25, 0.3) is 0 Å². The monoisotopic (exact) mass is 219 g/mol. The van der Waals surface area contributed by atoms with E-state index in [0.717, 1.165) is 12.2 Å². The van der Waals surface area contributed by atoms with Gasteiger partial charge in [0.05, 0.1) is 11.9 Å². The van der Waals surface area contributed by atoms with E-state index in [2.05, 4.69) is 10.4 Å². The van der Waals surface area contributed by atoms with Gasteiger partial charge < -0.3 is 5.32 Å². The van der Waals surface area contributed by atoms with Crippen molar-refractivity contribution in [3.05, 3.63) is 48.0 Å². The second-order valence-corrected chi connectivity index (χ2v) is 3.53. The minimum atomic E-state index is -0.183. The van der Waals surface area contributed by atoms with Gasteiger partial charge in [0, 0.05) is 24.8 Å². The lowest BCUT2D eigenvalue weighted by Crippen LogP contribution is -2.00. The first-order valence-electron chi connectivity index (χ1n) is 5.29. The summed E-state index contributed by atoms with van der Waals surface area (Å²) in [5, 5.41) is 7.26. The Labute approximate surface area is 93.9 Å². The summed E-state index contributed by atoms with van der Waals surface area (Å²) in [7, 11) is 0. The molecule has 0 aliphatic carbocycles. The van der Waals surface area contributed by atoms with Crippen molar-refractivity contribution < 1.29 is 4.39 Å². The molecule has 0 radical (unpaired) electrons. The third kappa shape index (κ3) is 2.39. The van der Waals surface area contributed by atoms with Gasteiger partial charge in [0.15, 0.2) is 0 Å². The predicted octanol–water partition coefficient (Wildman–Crippen LogP) is 2.65.